The maximum atomic E-state index is 12.9. The maximum Gasteiger partial charge on any atom is 0.335 e. The summed E-state index contributed by atoms with van der Waals surface area (Å²) in [5, 5.41) is 4.16. The summed E-state index contributed by atoms with van der Waals surface area (Å²) >= 11 is 0. The highest BCUT2D eigenvalue weighted by Crippen LogP contribution is 2.20. The molecule has 0 saturated carbocycles. The first kappa shape index (κ1) is 19.5. The van der Waals surface area contributed by atoms with E-state index in [4.69, 9.17) is 14.3 Å². The SMILES string of the molecule is COc1ccc(C2=NOC(Cn3ccc(=O)n(-c4ccc(OC)cc4)c3=O)C2)cc1. The molecule has 1 aromatic heterocycles. The molecule has 4 rings (SSSR count). The van der Waals surface area contributed by atoms with Gasteiger partial charge in [0.1, 0.15) is 11.5 Å². The van der Waals surface area contributed by atoms with Gasteiger partial charge in [-0.1, -0.05) is 5.16 Å². The fourth-order valence-electron chi connectivity index (χ4n) is 3.32. The van der Waals surface area contributed by atoms with Crippen LogP contribution in [0.2, 0.25) is 0 Å². The minimum Gasteiger partial charge on any atom is -0.497 e. The van der Waals surface area contributed by atoms with Gasteiger partial charge < -0.3 is 14.3 Å². The molecule has 1 unspecified atom stereocenters. The van der Waals surface area contributed by atoms with Gasteiger partial charge in [0.25, 0.3) is 5.56 Å². The van der Waals surface area contributed by atoms with E-state index in [1.54, 1.807) is 38.5 Å². The van der Waals surface area contributed by atoms with Crippen LogP contribution in [0.25, 0.3) is 5.69 Å². The van der Waals surface area contributed by atoms with Crippen LogP contribution in [0.15, 0.2) is 75.5 Å². The summed E-state index contributed by atoms with van der Waals surface area (Å²) in [5.41, 5.74) is 1.38. The number of hydrogen-bond acceptors (Lipinski definition) is 6. The first-order valence-corrected chi connectivity index (χ1v) is 9.43. The molecule has 0 saturated heterocycles. The lowest BCUT2D eigenvalue weighted by Gasteiger charge is -2.13. The lowest BCUT2D eigenvalue weighted by atomic mass is 10.0. The van der Waals surface area contributed by atoms with Crippen molar-refractivity contribution in [3.8, 4) is 17.2 Å². The quantitative estimate of drug-likeness (QED) is 0.626. The average molecular weight is 407 g/mol. The van der Waals surface area contributed by atoms with Crippen molar-refractivity contribution < 1.29 is 14.3 Å². The van der Waals surface area contributed by atoms with Crippen LogP contribution in [-0.4, -0.2) is 35.2 Å². The highest BCUT2D eigenvalue weighted by molar-refractivity contribution is 6.01. The number of aromatic nitrogens is 2. The highest BCUT2D eigenvalue weighted by Gasteiger charge is 2.23. The molecular weight excluding hydrogens is 386 g/mol. The van der Waals surface area contributed by atoms with Crippen molar-refractivity contribution in [3.05, 3.63) is 87.2 Å². The largest absolute Gasteiger partial charge is 0.497 e. The molecule has 0 spiro atoms. The van der Waals surface area contributed by atoms with E-state index in [0.29, 0.717) is 17.9 Å². The molecule has 0 radical (unpaired) electrons. The molecule has 1 atom stereocenters. The van der Waals surface area contributed by atoms with Crippen molar-refractivity contribution in [3.63, 3.8) is 0 Å². The second-order valence-corrected chi connectivity index (χ2v) is 6.82. The van der Waals surface area contributed by atoms with E-state index < -0.39 is 11.2 Å². The Labute approximate surface area is 172 Å². The van der Waals surface area contributed by atoms with Gasteiger partial charge in [-0.3, -0.25) is 9.36 Å². The van der Waals surface area contributed by atoms with Gasteiger partial charge in [0.15, 0.2) is 6.10 Å². The van der Waals surface area contributed by atoms with Crippen LogP contribution in [0.4, 0.5) is 0 Å². The molecule has 0 N–H and O–H groups in total. The van der Waals surface area contributed by atoms with E-state index in [2.05, 4.69) is 5.16 Å². The van der Waals surface area contributed by atoms with Crippen LogP contribution in [0.5, 0.6) is 11.5 Å². The molecule has 3 aromatic rings. The van der Waals surface area contributed by atoms with Gasteiger partial charge in [-0.25, -0.2) is 9.36 Å². The van der Waals surface area contributed by atoms with Crippen LogP contribution in [0.3, 0.4) is 0 Å². The van der Waals surface area contributed by atoms with Gasteiger partial charge in [-0.05, 0) is 54.1 Å². The lowest BCUT2D eigenvalue weighted by molar-refractivity contribution is 0.0712. The summed E-state index contributed by atoms with van der Waals surface area (Å²) in [7, 11) is 3.17. The maximum absolute atomic E-state index is 12.9. The van der Waals surface area contributed by atoms with Crippen molar-refractivity contribution >= 4 is 5.71 Å². The second kappa shape index (κ2) is 8.28. The molecule has 8 heteroatoms. The topological polar surface area (TPSA) is 84.1 Å². The van der Waals surface area contributed by atoms with E-state index in [1.807, 2.05) is 24.3 Å². The van der Waals surface area contributed by atoms with Crippen LogP contribution in [-0.2, 0) is 11.4 Å². The predicted octanol–water partition coefficient (Wildman–Crippen LogP) is 2.21. The van der Waals surface area contributed by atoms with E-state index in [9.17, 15) is 9.59 Å². The van der Waals surface area contributed by atoms with Crippen LogP contribution >= 0.6 is 0 Å². The van der Waals surface area contributed by atoms with Crippen LogP contribution in [0, 0.1) is 0 Å². The molecule has 30 heavy (non-hydrogen) atoms. The van der Waals surface area contributed by atoms with E-state index in [0.717, 1.165) is 21.6 Å². The summed E-state index contributed by atoms with van der Waals surface area (Å²) in [6.07, 6.45) is 1.74. The molecule has 154 valence electrons. The van der Waals surface area contributed by atoms with Crippen molar-refractivity contribution in [2.75, 3.05) is 14.2 Å². The molecule has 0 fully saturated rings. The number of benzene rings is 2. The van der Waals surface area contributed by atoms with Crippen LogP contribution < -0.4 is 20.7 Å². The zero-order valence-corrected chi connectivity index (χ0v) is 16.6. The number of methoxy groups -OCH3 is 2. The van der Waals surface area contributed by atoms with E-state index in [1.165, 1.54) is 16.8 Å². The van der Waals surface area contributed by atoms with Crippen molar-refractivity contribution in [1.82, 2.24) is 9.13 Å². The van der Waals surface area contributed by atoms with E-state index >= 15 is 0 Å². The van der Waals surface area contributed by atoms with Gasteiger partial charge in [-0.2, -0.15) is 0 Å². The Balaban J connectivity index is 1.53. The van der Waals surface area contributed by atoms with Gasteiger partial charge >= 0.3 is 5.69 Å². The van der Waals surface area contributed by atoms with Crippen molar-refractivity contribution in [2.24, 2.45) is 5.16 Å². The Morgan fingerprint density at radius 3 is 2.23 bits per heavy atom. The zero-order chi connectivity index (χ0) is 21.1. The lowest BCUT2D eigenvalue weighted by Crippen LogP contribution is -2.39. The molecule has 1 aliphatic heterocycles. The third-order valence-corrected chi connectivity index (χ3v) is 4.94. The van der Waals surface area contributed by atoms with Crippen molar-refractivity contribution in [2.45, 2.75) is 19.1 Å². The number of hydrogen-bond donors (Lipinski definition) is 0. The minimum atomic E-state index is -0.436. The molecule has 1 aliphatic rings. The van der Waals surface area contributed by atoms with Gasteiger partial charge in [-0.15, -0.1) is 0 Å². The Bertz CT molecular complexity index is 1180. The van der Waals surface area contributed by atoms with Crippen molar-refractivity contribution in [1.29, 1.82) is 0 Å². The monoisotopic (exact) mass is 407 g/mol. The van der Waals surface area contributed by atoms with Crippen LogP contribution in [0.1, 0.15) is 12.0 Å². The number of oxime groups is 1. The van der Waals surface area contributed by atoms with Gasteiger partial charge in [0.05, 0.1) is 32.2 Å². The molecule has 0 aliphatic carbocycles. The third kappa shape index (κ3) is 3.84. The first-order valence-electron chi connectivity index (χ1n) is 9.43. The van der Waals surface area contributed by atoms with E-state index in [-0.39, 0.29) is 12.6 Å². The summed E-state index contributed by atoms with van der Waals surface area (Å²) in [4.78, 5) is 30.8. The second-order valence-electron chi connectivity index (χ2n) is 6.82. The highest BCUT2D eigenvalue weighted by atomic mass is 16.6. The number of rotatable bonds is 6. The molecule has 2 heterocycles. The fourth-order valence-corrected chi connectivity index (χ4v) is 3.32. The average Bonchev–Trinajstić information content (AvgIpc) is 3.25. The summed E-state index contributed by atoms with van der Waals surface area (Å²) in [5.74, 6) is 1.41. The number of ether oxygens (including phenoxy) is 2. The molecule has 0 amide bonds. The van der Waals surface area contributed by atoms with Gasteiger partial charge in [0, 0.05) is 18.7 Å². The molecule has 0 bridgehead atoms. The Morgan fingerprint density at radius 1 is 0.967 bits per heavy atom. The number of nitrogens with zero attached hydrogens (tertiary/aromatic N) is 3. The predicted molar refractivity (Wildman–Crippen MR) is 112 cm³/mol. The normalized spacial score (nSPS) is 15.4. The fraction of sp³-hybridized carbons (Fsp3) is 0.227. The smallest absolute Gasteiger partial charge is 0.335 e. The standard InChI is InChI=1S/C22H21N3O5/c1-28-17-7-3-15(4-8-17)20-13-19(30-23-20)14-24-12-11-21(26)25(22(24)27)16-5-9-18(29-2)10-6-16/h3-12,19H,13-14H2,1-2H3. The minimum absolute atomic E-state index is 0.276. The summed E-state index contributed by atoms with van der Waals surface area (Å²) in [6.45, 7) is 0.276. The molecular formula is C22H21N3O5. The summed E-state index contributed by atoms with van der Waals surface area (Å²) < 4.78 is 12.9. The Kier molecular flexibility index (Phi) is 5.38. The zero-order valence-electron chi connectivity index (χ0n) is 16.6. The molecule has 2 aromatic carbocycles. The summed E-state index contributed by atoms with van der Waals surface area (Å²) in [6, 6.07) is 15.7. The first-order chi connectivity index (χ1) is 14.6. The Hall–Kier alpha value is -3.81. The Morgan fingerprint density at radius 2 is 1.60 bits per heavy atom. The van der Waals surface area contributed by atoms with Gasteiger partial charge in [0.2, 0.25) is 0 Å². The molecule has 8 nitrogen and oxygen atoms in total. The third-order valence-electron chi connectivity index (χ3n) is 4.94.